The molecule has 1 N–H and O–H groups in total. The van der Waals surface area contributed by atoms with Gasteiger partial charge in [0.1, 0.15) is 5.01 Å². The molecular weight excluding hydrogens is 409 g/mol. The minimum Gasteiger partial charge on any atom is -0.296 e. The monoisotopic (exact) mass is 421 g/mol. The molecule has 0 aliphatic carbocycles. The van der Waals surface area contributed by atoms with Crippen molar-refractivity contribution in [3.05, 3.63) is 74.3 Å². The topological polar surface area (TPSA) is 54.9 Å². The predicted octanol–water partition coefficient (Wildman–Crippen LogP) is 3.99. The Hall–Kier alpha value is -1.80. The van der Waals surface area contributed by atoms with Crippen molar-refractivity contribution in [2.75, 3.05) is 5.32 Å². The summed E-state index contributed by atoms with van der Waals surface area (Å²) in [7, 11) is 0. The Kier molecular flexibility index (Phi) is 4.79. The summed E-state index contributed by atoms with van der Waals surface area (Å²) in [5, 5.41) is 12.4. The number of aromatic nitrogens is 2. The van der Waals surface area contributed by atoms with Gasteiger partial charge in [-0.2, -0.15) is 0 Å². The molecule has 3 rings (SSSR count). The van der Waals surface area contributed by atoms with Gasteiger partial charge < -0.3 is 0 Å². The first-order chi connectivity index (χ1) is 10.7. The first-order valence-electron chi connectivity index (χ1n) is 6.64. The highest BCUT2D eigenvalue weighted by atomic mass is 127. The largest absolute Gasteiger partial charge is 0.296 e. The van der Waals surface area contributed by atoms with E-state index in [1.807, 2.05) is 48.5 Å². The molecule has 0 saturated heterocycles. The second-order valence-corrected chi connectivity index (χ2v) is 6.82. The number of nitrogens with one attached hydrogen (secondary N) is 1. The van der Waals surface area contributed by atoms with Crippen LogP contribution >= 0.6 is 33.9 Å². The smallest absolute Gasteiger partial charge is 0.258 e. The number of benzene rings is 2. The molecule has 110 valence electrons. The molecule has 4 nitrogen and oxygen atoms in total. The van der Waals surface area contributed by atoms with Crippen molar-refractivity contribution in [1.82, 2.24) is 10.2 Å². The maximum absolute atomic E-state index is 12.2. The lowest BCUT2D eigenvalue weighted by Crippen LogP contribution is -2.13. The van der Waals surface area contributed by atoms with Crippen molar-refractivity contribution < 1.29 is 4.79 Å². The summed E-state index contributed by atoms with van der Waals surface area (Å²) in [6.45, 7) is 0. The zero-order valence-corrected chi connectivity index (χ0v) is 14.5. The van der Waals surface area contributed by atoms with Crippen LogP contribution in [0.15, 0.2) is 54.6 Å². The molecule has 0 radical (unpaired) electrons. The van der Waals surface area contributed by atoms with Crippen LogP contribution in [0.2, 0.25) is 0 Å². The van der Waals surface area contributed by atoms with Crippen LogP contribution in [0, 0.1) is 3.57 Å². The van der Waals surface area contributed by atoms with E-state index in [1.165, 1.54) is 16.9 Å². The van der Waals surface area contributed by atoms with Gasteiger partial charge in [0.2, 0.25) is 5.13 Å². The molecular formula is C16H12IN3OS. The number of amides is 1. The number of hydrogen-bond acceptors (Lipinski definition) is 4. The van der Waals surface area contributed by atoms with Gasteiger partial charge in [-0.1, -0.05) is 53.8 Å². The number of nitrogens with zero attached hydrogens (tertiary/aromatic N) is 2. The molecule has 1 amide bonds. The molecule has 2 aromatic carbocycles. The van der Waals surface area contributed by atoms with Crippen LogP contribution in [0.25, 0.3) is 0 Å². The van der Waals surface area contributed by atoms with Crippen LogP contribution in [0.1, 0.15) is 20.9 Å². The molecule has 3 aromatic rings. The van der Waals surface area contributed by atoms with E-state index in [0.29, 0.717) is 10.7 Å². The zero-order valence-electron chi connectivity index (χ0n) is 11.5. The SMILES string of the molecule is O=C(Nc1nnc(Cc2ccccc2)s1)c1ccccc1I. The van der Waals surface area contributed by atoms with Crippen molar-refractivity contribution in [2.24, 2.45) is 0 Å². The zero-order chi connectivity index (χ0) is 15.4. The highest BCUT2D eigenvalue weighted by Crippen LogP contribution is 2.20. The van der Waals surface area contributed by atoms with E-state index in [0.717, 1.165) is 15.0 Å². The molecule has 0 fully saturated rings. The summed E-state index contributed by atoms with van der Waals surface area (Å²) in [6, 6.07) is 17.5. The van der Waals surface area contributed by atoms with Crippen LogP contribution in [0.4, 0.5) is 5.13 Å². The third-order valence-electron chi connectivity index (χ3n) is 3.00. The number of halogens is 1. The second-order valence-electron chi connectivity index (χ2n) is 4.60. The molecule has 0 atom stereocenters. The van der Waals surface area contributed by atoms with Crippen LogP contribution in [0.3, 0.4) is 0 Å². The molecule has 0 bridgehead atoms. The van der Waals surface area contributed by atoms with Crippen LogP contribution in [-0.4, -0.2) is 16.1 Å². The van der Waals surface area contributed by atoms with Crippen LogP contribution < -0.4 is 5.32 Å². The third kappa shape index (κ3) is 3.69. The van der Waals surface area contributed by atoms with Gasteiger partial charge in [-0.05, 0) is 40.3 Å². The number of carbonyl (C=O) groups is 1. The van der Waals surface area contributed by atoms with Gasteiger partial charge in [-0.3, -0.25) is 10.1 Å². The van der Waals surface area contributed by atoms with E-state index < -0.39 is 0 Å². The normalized spacial score (nSPS) is 10.4. The Morgan fingerprint density at radius 3 is 2.55 bits per heavy atom. The Morgan fingerprint density at radius 2 is 1.77 bits per heavy atom. The van der Waals surface area contributed by atoms with Gasteiger partial charge in [-0.25, -0.2) is 0 Å². The molecule has 1 aromatic heterocycles. The Bertz CT molecular complexity index is 789. The molecule has 0 aliphatic rings. The summed E-state index contributed by atoms with van der Waals surface area (Å²) in [5.41, 5.74) is 1.82. The summed E-state index contributed by atoms with van der Waals surface area (Å²) < 4.78 is 0.909. The first-order valence-corrected chi connectivity index (χ1v) is 8.54. The van der Waals surface area contributed by atoms with Gasteiger partial charge in [-0.15, -0.1) is 10.2 Å². The quantitative estimate of drug-likeness (QED) is 0.649. The fourth-order valence-corrected chi connectivity index (χ4v) is 3.36. The fraction of sp³-hybridized carbons (Fsp3) is 0.0625. The molecule has 0 aliphatic heterocycles. The molecule has 1 heterocycles. The molecule has 0 spiro atoms. The summed E-state index contributed by atoms with van der Waals surface area (Å²) in [5.74, 6) is -0.160. The summed E-state index contributed by atoms with van der Waals surface area (Å²) >= 11 is 3.55. The van der Waals surface area contributed by atoms with Crippen molar-refractivity contribution in [3.8, 4) is 0 Å². The summed E-state index contributed by atoms with van der Waals surface area (Å²) in [6.07, 6.45) is 0.719. The minimum atomic E-state index is -0.160. The van der Waals surface area contributed by atoms with Gasteiger partial charge in [0.15, 0.2) is 0 Å². The van der Waals surface area contributed by atoms with Gasteiger partial charge >= 0.3 is 0 Å². The van der Waals surface area contributed by atoms with E-state index in [1.54, 1.807) is 6.07 Å². The van der Waals surface area contributed by atoms with Crippen LogP contribution in [-0.2, 0) is 6.42 Å². The lowest BCUT2D eigenvalue weighted by Gasteiger charge is -2.02. The van der Waals surface area contributed by atoms with E-state index in [-0.39, 0.29) is 5.91 Å². The van der Waals surface area contributed by atoms with Gasteiger partial charge in [0.25, 0.3) is 5.91 Å². The van der Waals surface area contributed by atoms with Crippen molar-refractivity contribution in [3.63, 3.8) is 0 Å². The number of hydrogen-bond donors (Lipinski definition) is 1. The predicted molar refractivity (Wildman–Crippen MR) is 96.3 cm³/mol. The number of carbonyl (C=O) groups excluding carboxylic acids is 1. The van der Waals surface area contributed by atoms with Crippen molar-refractivity contribution >= 4 is 45.0 Å². The van der Waals surface area contributed by atoms with E-state index in [4.69, 9.17) is 0 Å². The van der Waals surface area contributed by atoms with E-state index in [2.05, 4.69) is 38.1 Å². The number of rotatable bonds is 4. The average molecular weight is 421 g/mol. The summed E-state index contributed by atoms with van der Waals surface area (Å²) in [4.78, 5) is 12.2. The fourth-order valence-electron chi connectivity index (χ4n) is 1.96. The standard InChI is InChI=1S/C16H12IN3OS/c17-13-9-5-4-8-12(13)15(21)18-16-20-19-14(22-16)10-11-6-2-1-3-7-11/h1-9H,10H2,(H,18,20,21). The second kappa shape index (κ2) is 6.97. The van der Waals surface area contributed by atoms with E-state index in [9.17, 15) is 4.79 Å². The average Bonchev–Trinajstić information content (AvgIpc) is 2.95. The molecule has 0 saturated carbocycles. The van der Waals surface area contributed by atoms with E-state index >= 15 is 0 Å². The van der Waals surface area contributed by atoms with Gasteiger partial charge in [0, 0.05) is 9.99 Å². The molecule has 22 heavy (non-hydrogen) atoms. The number of anilines is 1. The Labute approximate surface area is 145 Å². The Morgan fingerprint density at radius 1 is 1.05 bits per heavy atom. The van der Waals surface area contributed by atoms with Crippen LogP contribution in [0.5, 0.6) is 0 Å². The minimum absolute atomic E-state index is 0.160. The maximum Gasteiger partial charge on any atom is 0.258 e. The molecule has 0 unspecified atom stereocenters. The lowest BCUT2D eigenvalue weighted by atomic mass is 10.2. The first kappa shape index (κ1) is 15.1. The Balaban J connectivity index is 1.69. The molecule has 6 heteroatoms. The van der Waals surface area contributed by atoms with Crippen molar-refractivity contribution in [2.45, 2.75) is 6.42 Å². The highest BCUT2D eigenvalue weighted by molar-refractivity contribution is 14.1. The van der Waals surface area contributed by atoms with Crippen molar-refractivity contribution in [1.29, 1.82) is 0 Å². The highest BCUT2D eigenvalue weighted by Gasteiger charge is 2.12. The third-order valence-corrected chi connectivity index (χ3v) is 4.78. The van der Waals surface area contributed by atoms with Gasteiger partial charge in [0.05, 0.1) is 5.56 Å². The maximum atomic E-state index is 12.2. The lowest BCUT2D eigenvalue weighted by molar-refractivity contribution is 0.102.